The van der Waals surface area contributed by atoms with Crippen LogP contribution in [0.3, 0.4) is 0 Å². The summed E-state index contributed by atoms with van der Waals surface area (Å²) in [6, 6.07) is 9.24. The minimum absolute atomic E-state index is 0.0398. The fraction of sp³-hybridized carbons (Fsp3) is 0.231. The van der Waals surface area contributed by atoms with E-state index in [0.717, 1.165) is 3.97 Å². The lowest BCUT2D eigenvalue weighted by molar-refractivity contribution is 0.583. The smallest absolute Gasteiger partial charge is 0.242 e. The summed E-state index contributed by atoms with van der Waals surface area (Å²) < 4.78 is 52.4. The van der Waals surface area contributed by atoms with Gasteiger partial charge in [-0.05, 0) is 39.1 Å². The second kappa shape index (κ2) is 5.28. The van der Waals surface area contributed by atoms with Crippen LogP contribution in [0.25, 0.3) is 0 Å². The Balaban J connectivity index is 2.73. The molecular formula is C13H16N2O4S2. The number of hydrogen-bond acceptors (Lipinski definition) is 4. The van der Waals surface area contributed by atoms with E-state index in [1.54, 1.807) is 25.1 Å². The van der Waals surface area contributed by atoms with Crippen LogP contribution in [-0.4, -0.2) is 27.9 Å². The molecule has 0 saturated carbocycles. The number of sulfonamides is 1. The third-order valence-corrected chi connectivity index (χ3v) is 6.60. The van der Waals surface area contributed by atoms with E-state index in [1.807, 2.05) is 0 Å². The normalized spacial score (nSPS) is 12.5. The molecule has 0 spiro atoms. The summed E-state index contributed by atoms with van der Waals surface area (Å²) in [5, 5.41) is 0. The fourth-order valence-corrected chi connectivity index (χ4v) is 4.85. The first-order valence-electron chi connectivity index (χ1n) is 6.15. The molecule has 1 heterocycles. The molecule has 114 valence electrons. The molecule has 6 nitrogen and oxygen atoms in total. The highest BCUT2D eigenvalue weighted by atomic mass is 32.2. The first-order valence-corrected chi connectivity index (χ1v) is 9.07. The third-order valence-electron chi connectivity index (χ3n) is 3.16. The van der Waals surface area contributed by atoms with Crippen molar-refractivity contribution in [1.82, 2.24) is 8.69 Å². The molecule has 0 fully saturated rings. The van der Waals surface area contributed by atoms with Gasteiger partial charge < -0.3 is 0 Å². The van der Waals surface area contributed by atoms with Gasteiger partial charge in [-0.1, -0.05) is 18.2 Å². The van der Waals surface area contributed by atoms with Crippen LogP contribution in [0.15, 0.2) is 46.2 Å². The SMILES string of the molecule is CNS(=O)(=O)c1cc(C)n(S(=O)(=O)c2ccccc2)c1C. The minimum Gasteiger partial charge on any atom is -0.242 e. The second-order valence-corrected chi connectivity index (χ2v) is 8.17. The molecule has 2 rings (SSSR count). The van der Waals surface area contributed by atoms with Crippen LogP contribution in [0.5, 0.6) is 0 Å². The van der Waals surface area contributed by atoms with Crippen LogP contribution in [-0.2, 0) is 20.0 Å². The molecule has 0 saturated heterocycles. The largest absolute Gasteiger partial charge is 0.268 e. The van der Waals surface area contributed by atoms with E-state index in [2.05, 4.69) is 4.72 Å². The topological polar surface area (TPSA) is 85.2 Å². The van der Waals surface area contributed by atoms with Crippen molar-refractivity contribution in [2.75, 3.05) is 7.05 Å². The summed E-state index contributed by atoms with van der Waals surface area (Å²) in [7, 11) is -6.25. The van der Waals surface area contributed by atoms with E-state index in [9.17, 15) is 16.8 Å². The lowest BCUT2D eigenvalue weighted by Gasteiger charge is -2.11. The van der Waals surface area contributed by atoms with Gasteiger partial charge in [0.05, 0.1) is 10.6 Å². The monoisotopic (exact) mass is 328 g/mol. The van der Waals surface area contributed by atoms with Crippen LogP contribution < -0.4 is 4.72 Å². The average molecular weight is 328 g/mol. The molecule has 0 unspecified atom stereocenters. The Bertz CT molecular complexity index is 866. The molecule has 8 heteroatoms. The van der Waals surface area contributed by atoms with Crippen LogP contribution >= 0.6 is 0 Å². The highest BCUT2D eigenvalue weighted by Gasteiger charge is 2.27. The van der Waals surface area contributed by atoms with Gasteiger partial charge in [-0.25, -0.2) is 25.5 Å². The van der Waals surface area contributed by atoms with E-state index in [4.69, 9.17) is 0 Å². The minimum atomic E-state index is -3.82. The molecule has 0 aliphatic heterocycles. The van der Waals surface area contributed by atoms with Gasteiger partial charge in [0.25, 0.3) is 10.0 Å². The summed E-state index contributed by atoms with van der Waals surface area (Å²) in [6.45, 7) is 3.03. The Morgan fingerprint density at radius 1 is 1.00 bits per heavy atom. The highest BCUT2D eigenvalue weighted by Crippen LogP contribution is 2.25. The maximum absolute atomic E-state index is 12.7. The molecule has 0 atom stereocenters. The van der Waals surface area contributed by atoms with Gasteiger partial charge in [-0.3, -0.25) is 0 Å². The van der Waals surface area contributed by atoms with Gasteiger partial charge in [0.15, 0.2) is 0 Å². The van der Waals surface area contributed by atoms with Gasteiger partial charge in [0, 0.05) is 5.69 Å². The lowest BCUT2D eigenvalue weighted by Crippen LogP contribution is -2.20. The Kier molecular flexibility index (Phi) is 3.96. The molecular weight excluding hydrogens is 312 g/mol. The molecule has 0 radical (unpaired) electrons. The quantitative estimate of drug-likeness (QED) is 0.915. The predicted molar refractivity (Wildman–Crippen MR) is 79.2 cm³/mol. The van der Waals surface area contributed by atoms with Gasteiger partial charge in [-0.15, -0.1) is 0 Å². The van der Waals surface area contributed by atoms with Crippen molar-refractivity contribution in [1.29, 1.82) is 0 Å². The van der Waals surface area contributed by atoms with Crippen molar-refractivity contribution >= 4 is 20.0 Å². The van der Waals surface area contributed by atoms with E-state index in [1.165, 1.54) is 32.2 Å². The van der Waals surface area contributed by atoms with Crippen LogP contribution in [0, 0.1) is 13.8 Å². The fourth-order valence-electron chi connectivity index (χ4n) is 2.17. The Hall–Kier alpha value is -1.64. The predicted octanol–water partition coefficient (Wildman–Crippen LogP) is 1.25. The van der Waals surface area contributed by atoms with Gasteiger partial charge >= 0.3 is 0 Å². The zero-order chi connectivity index (χ0) is 15.8. The zero-order valence-electron chi connectivity index (χ0n) is 11.9. The van der Waals surface area contributed by atoms with Gasteiger partial charge in [0.2, 0.25) is 10.0 Å². The maximum Gasteiger partial charge on any atom is 0.268 e. The molecule has 0 aliphatic carbocycles. The number of benzene rings is 1. The van der Waals surface area contributed by atoms with Crippen molar-refractivity contribution in [2.24, 2.45) is 0 Å². The molecule has 1 aromatic carbocycles. The number of hydrogen-bond donors (Lipinski definition) is 1. The first-order chi connectivity index (χ1) is 9.71. The van der Waals surface area contributed by atoms with Crippen molar-refractivity contribution in [3.8, 4) is 0 Å². The highest BCUT2D eigenvalue weighted by molar-refractivity contribution is 7.90. The molecule has 2 aromatic rings. The van der Waals surface area contributed by atoms with E-state index in [-0.39, 0.29) is 15.5 Å². The number of aryl methyl sites for hydroxylation is 1. The number of nitrogens with zero attached hydrogens (tertiary/aromatic N) is 1. The van der Waals surface area contributed by atoms with Crippen molar-refractivity contribution in [2.45, 2.75) is 23.6 Å². The third kappa shape index (κ3) is 2.61. The molecule has 0 bridgehead atoms. The van der Waals surface area contributed by atoms with Crippen LogP contribution in [0.2, 0.25) is 0 Å². The van der Waals surface area contributed by atoms with E-state index < -0.39 is 20.0 Å². The molecule has 0 aliphatic rings. The average Bonchev–Trinajstić information content (AvgIpc) is 2.76. The van der Waals surface area contributed by atoms with Crippen LogP contribution in [0.4, 0.5) is 0 Å². The Labute approximate surface area is 124 Å². The second-order valence-electron chi connectivity index (χ2n) is 4.53. The Morgan fingerprint density at radius 2 is 1.57 bits per heavy atom. The molecule has 21 heavy (non-hydrogen) atoms. The van der Waals surface area contributed by atoms with Crippen molar-refractivity contribution < 1.29 is 16.8 Å². The number of rotatable bonds is 4. The summed E-state index contributed by atoms with van der Waals surface area (Å²) >= 11 is 0. The lowest BCUT2D eigenvalue weighted by atomic mass is 10.4. The summed E-state index contributed by atoms with van der Waals surface area (Å²) in [4.78, 5) is 0.0715. The standard InChI is InChI=1S/C13H16N2O4S2/c1-10-9-13(20(16,17)14-3)11(2)15(10)21(18,19)12-7-5-4-6-8-12/h4-9,14H,1-3H3. The molecule has 1 aromatic heterocycles. The van der Waals surface area contributed by atoms with E-state index in [0.29, 0.717) is 5.69 Å². The maximum atomic E-state index is 12.7. The van der Waals surface area contributed by atoms with Gasteiger partial charge in [-0.2, -0.15) is 0 Å². The number of nitrogens with one attached hydrogen (secondary N) is 1. The molecule has 1 N–H and O–H groups in total. The van der Waals surface area contributed by atoms with Gasteiger partial charge in [0.1, 0.15) is 4.90 Å². The van der Waals surface area contributed by atoms with Crippen molar-refractivity contribution in [3.63, 3.8) is 0 Å². The summed E-state index contributed by atoms with van der Waals surface area (Å²) in [5.74, 6) is 0. The number of aromatic nitrogens is 1. The summed E-state index contributed by atoms with van der Waals surface area (Å²) in [6.07, 6.45) is 0. The van der Waals surface area contributed by atoms with E-state index >= 15 is 0 Å². The van der Waals surface area contributed by atoms with Crippen LogP contribution in [0.1, 0.15) is 11.4 Å². The molecule has 0 amide bonds. The summed E-state index contributed by atoms with van der Waals surface area (Å²) in [5.41, 5.74) is 0.496. The zero-order valence-corrected chi connectivity index (χ0v) is 13.5. The van der Waals surface area contributed by atoms with Crippen molar-refractivity contribution in [3.05, 3.63) is 47.8 Å². The first kappa shape index (κ1) is 15.7. The Morgan fingerprint density at radius 3 is 2.10 bits per heavy atom.